The van der Waals surface area contributed by atoms with Gasteiger partial charge in [-0.3, -0.25) is 19.3 Å². The summed E-state index contributed by atoms with van der Waals surface area (Å²) in [6.45, 7) is 2.40. The number of carbonyl (C=O) groups is 4. The van der Waals surface area contributed by atoms with Gasteiger partial charge in [0.2, 0.25) is 5.91 Å². The van der Waals surface area contributed by atoms with Crippen LogP contribution in [-0.4, -0.2) is 79.6 Å². The van der Waals surface area contributed by atoms with E-state index in [4.69, 9.17) is 25.8 Å². The van der Waals surface area contributed by atoms with Gasteiger partial charge in [0.1, 0.15) is 11.2 Å². The van der Waals surface area contributed by atoms with Gasteiger partial charge >= 0.3 is 11.9 Å². The average molecular weight is 601 g/mol. The van der Waals surface area contributed by atoms with Gasteiger partial charge in [-0.2, -0.15) is 0 Å². The monoisotopic (exact) mass is 600 g/mol. The minimum Gasteiger partial charge on any atom is -0.497 e. The van der Waals surface area contributed by atoms with E-state index < -0.39 is 47.2 Å². The fourth-order valence-electron chi connectivity index (χ4n) is 6.98. The Labute approximate surface area is 248 Å². The zero-order valence-electron chi connectivity index (χ0n) is 23.5. The predicted molar refractivity (Wildman–Crippen MR) is 156 cm³/mol. The van der Waals surface area contributed by atoms with Crippen molar-refractivity contribution in [3.05, 3.63) is 58.6 Å². The molecule has 4 atom stereocenters. The van der Waals surface area contributed by atoms with E-state index in [9.17, 15) is 14.4 Å². The van der Waals surface area contributed by atoms with Crippen molar-refractivity contribution < 1.29 is 33.4 Å². The maximum Gasteiger partial charge on any atom is 0.328 e. The van der Waals surface area contributed by atoms with Gasteiger partial charge < -0.3 is 19.1 Å². The standard InChI is InChI=1S/C30H33ClN2O7S/c1-5-6-13-32-22-12-9-19(31)14-21(22)30(27(32)36)25(26(35)18-7-10-20(38-2)11-8-18)23-16-41-17-33(23)29(30,28(37)40-4)15-24(34)39-3/h7-12,14,23,25H,5-6,13,15-17H2,1-4H3/t23-,25+,29-,30-/m0/s1. The van der Waals surface area contributed by atoms with E-state index in [2.05, 4.69) is 0 Å². The van der Waals surface area contributed by atoms with E-state index in [0.717, 1.165) is 6.42 Å². The molecule has 1 spiro atoms. The van der Waals surface area contributed by atoms with Gasteiger partial charge in [0.25, 0.3) is 0 Å². The van der Waals surface area contributed by atoms with E-state index in [1.165, 1.54) is 33.1 Å². The summed E-state index contributed by atoms with van der Waals surface area (Å²) in [5, 5.41) is 0.349. The SMILES string of the molecule is CCCCN1C(=O)[C@]2(c3cc(Cl)ccc31)[C@@H](C(=O)c1ccc(OC)cc1)[C@@H]1CSCN1[C@@]2(CC(=O)OC)C(=O)OC. The number of halogens is 1. The lowest BCUT2D eigenvalue weighted by atomic mass is 9.58. The molecule has 5 rings (SSSR count). The van der Waals surface area contributed by atoms with Crippen molar-refractivity contribution in [2.45, 2.75) is 43.2 Å². The second-order valence-corrected chi connectivity index (χ2v) is 11.9. The van der Waals surface area contributed by atoms with Crippen molar-refractivity contribution in [2.24, 2.45) is 5.92 Å². The number of ether oxygens (including phenoxy) is 3. The maximum absolute atomic E-state index is 15.1. The lowest BCUT2D eigenvalue weighted by Crippen LogP contribution is -2.67. The van der Waals surface area contributed by atoms with Crippen molar-refractivity contribution in [1.82, 2.24) is 4.90 Å². The van der Waals surface area contributed by atoms with Crippen LogP contribution in [0.4, 0.5) is 5.69 Å². The number of benzene rings is 2. The first-order chi connectivity index (χ1) is 19.7. The molecule has 2 aromatic carbocycles. The number of amides is 1. The Bertz CT molecular complexity index is 1390. The predicted octanol–water partition coefficient (Wildman–Crippen LogP) is 4.10. The highest BCUT2D eigenvalue weighted by Gasteiger charge is 2.81. The summed E-state index contributed by atoms with van der Waals surface area (Å²) >= 11 is 8.11. The van der Waals surface area contributed by atoms with Crippen LogP contribution < -0.4 is 9.64 Å². The molecule has 2 aromatic rings. The number of rotatable bonds is 9. The number of fused-ring (bicyclic) bond motifs is 3. The molecule has 0 aliphatic carbocycles. The average Bonchev–Trinajstić information content (AvgIpc) is 3.62. The van der Waals surface area contributed by atoms with E-state index in [0.29, 0.717) is 52.2 Å². The lowest BCUT2D eigenvalue weighted by Gasteiger charge is -2.44. The minimum absolute atomic E-state index is 0.308. The Morgan fingerprint density at radius 1 is 1.07 bits per heavy atom. The number of Topliss-reactive ketones (excluding diaryl/α,β-unsaturated/α-hetero) is 1. The third-order valence-corrected chi connectivity index (χ3v) is 9.99. The molecule has 3 heterocycles. The number of hydrogen-bond acceptors (Lipinski definition) is 9. The molecule has 0 aromatic heterocycles. The highest BCUT2D eigenvalue weighted by molar-refractivity contribution is 7.99. The lowest BCUT2D eigenvalue weighted by molar-refractivity contribution is -0.166. The largest absolute Gasteiger partial charge is 0.497 e. The summed E-state index contributed by atoms with van der Waals surface area (Å²) in [6, 6.07) is 11.3. The first kappa shape index (κ1) is 29.4. The van der Waals surface area contributed by atoms with Crippen LogP contribution in [0.15, 0.2) is 42.5 Å². The Kier molecular flexibility index (Phi) is 8.11. The molecule has 0 bridgehead atoms. The molecular formula is C30H33ClN2O7S. The molecule has 9 nitrogen and oxygen atoms in total. The van der Waals surface area contributed by atoms with Crippen molar-refractivity contribution >= 4 is 52.7 Å². The quantitative estimate of drug-likeness (QED) is 0.311. The molecule has 3 aliphatic rings. The Hall–Kier alpha value is -3.08. The van der Waals surface area contributed by atoms with Gasteiger partial charge in [0.15, 0.2) is 11.3 Å². The number of anilines is 1. The van der Waals surface area contributed by atoms with Gasteiger partial charge in [0.05, 0.1) is 33.7 Å². The van der Waals surface area contributed by atoms with Gasteiger partial charge in [-0.05, 0) is 54.4 Å². The van der Waals surface area contributed by atoms with E-state index >= 15 is 4.79 Å². The number of unbranched alkanes of at least 4 members (excludes halogenated alkanes) is 1. The van der Waals surface area contributed by atoms with Crippen molar-refractivity contribution in [3.63, 3.8) is 0 Å². The maximum atomic E-state index is 15.1. The fraction of sp³-hybridized carbons (Fsp3) is 0.467. The van der Waals surface area contributed by atoms with Crippen LogP contribution in [0.5, 0.6) is 5.75 Å². The van der Waals surface area contributed by atoms with Crippen molar-refractivity contribution in [2.75, 3.05) is 44.4 Å². The molecule has 0 N–H and O–H groups in total. The molecule has 1 amide bonds. The van der Waals surface area contributed by atoms with E-state index in [1.807, 2.05) is 11.8 Å². The molecule has 3 aliphatic heterocycles. The number of ketones is 1. The number of nitrogens with zero attached hydrogens (tertiary/aromatic N) is 2. The summed E-state index contributed by atoms with van der Waals surface area (Å²) in [6.07, 6.45) is 1.05. The highest BCUT2D eigenvalue weighted by atomic mass is 35.5. The van der Waals surface area contributed by atoms with Crippen LogP contribution in [0.1, 0.15) is 42.1 Å². The normalized spacial score (nSPS) is 26.7. The Balaban J connectivity index is 1.86. The van der Waals surface area contributed by atoms with Crippen LogP contribution in [-0.2, 0) is 29.3 Å². The zero-order valence-corrected chi connectivity index (χ0v) is 25.0. The molecule has 0 saturated carbocycles. The van der Waals surface area contributed by atoms with Gasteiger partial charge in [-0.1, -0.05) is 24.9 Å². The molecule has 41 heavy (non-hydrogen) atoms. The van der Waals surface area contributed by atoms with Crippen LogP contribution in [0.2, 0.25) is 5.02 Å². The van der Waals surface area contributed by atoms with Crippen molar-refractivity contribution in [1.29, 1.82) is 0 Å². The van der Waals surface area contributed by atoms with Gasteiger partial charge in [-0.25, -0.2) is 4.79 Å². The second-order valence-electron chi connectivity index (χ2n) is 10.5. The second kappa shape index (κ2) is 11.3. The third-order valence-electron chi connectivity index (χ3n) is 8.71. The topological polar surface area (TPSA) is 102 Å². The van der Waals surface area contributed by atoms with Crippen LogP contribution in [0.3, 0.4) is 0 Å². The molecule has 11 heteroatoms. The third kappa shape index (κ3) is 4.17. The molecule has 0 unspecified atom stereocenters. The first-order valence-electron chi connectivity index (χ1n) is 13.5. The summed E-state index contributed by atoms with van der Waals surface area (Å²) in [5.41, 5.74) is -2.26. The Morgan fingerprint density at radius 2 is 1.80 bits per heavy atom. The van der Waals surface area contributed by atoms with E-state index in [-0.39, 0.29) is 5.78 Å². The van der Waals surface area contributed by atoms with Crippen LogP contribution in [0.25, 0.3) is 0 Å². The Morgan fingerprint density at radius 3 is 2.44 bits per heavy atom. The molecular weight excluding hydrogens is 568 g/mol. The number of hydrogen-bond donors (Lipinski definition) is 0. The first-order valence-corrected chi connectivity index (χ1v) is 15.1. The fourth-order valence-corrected chi connectivity index (χ4v) is 8.48. The summed E-state index contributed by atoms with van der Waals surface area (Å²) in [5.74, 6) is -1.82. The number of esters is 2. The van der Waals surface area contributed by atoms with Gasteiger partial charge in [0, 0.05) is 40.5 Å². The van der Waals surface area contributed by atoms with Gasteiger partial charge in [-0.15, -0.1) is 11.8 Å². The van der Waals surface area contributed by atoms with Crippen LogP contribution >= 0.6 is 23.4 Å². The number of methoxy groups -OCH3 is 3. The van der Waals surface area contributed by atoms with Crippen LogP contribution in [0, 0.1) is 5.92 Å². The molecule has 2 fully saturated rings. The van der Waals surface area contributed by atoms with E-state index in [1.54, 1.807) is 47.4 Å². The minimum atomic E-state index is -1.85. The molecule has 2 saturated heterocycles. The summed E-state index contributed by atoms with van der Waals surface area (Å²) < 4.78 is 15.8. The molecule has 218 valence electrons. The highest BCUT2D eigenvalue weighted by Crippen LogP contribution is 2.64. The smallest absolute Gasteiger partial charge is 0.328 e. The van der Waals surface area contributed by atoms with Crippen molar-refractivity contribution in [3.8, 4) is 5.75 Å². The summed E-state index contributed by atoms with van der Waals surface area (Å²) in [4.78, 5) is 60.7. The zero-order chi connectivity index (χ0) is 29.5. The molecule has 0 radical (unpaired) electrons. The number of carbonyl (C=O) groups excluding carboxylic acids is 4. The summed E-state index contributed by atoms with van der Waals surface area (Å²) in [7, 11) is 4.01. The number of thioether (sulfide) groups is 1.